The predicted octanol–water partition coefficient (Wildman–Crippen LogP) is 2.62. The highest BCUT2D eigenvalue weighted by molar-refractivity contribution is 5.45. The minimum Gasteiger partial charge on any atom is -0.486 e. The van der Waals surface area contributed by atoms with Gasteiger partial charge in [0, 0.05) is 0 Å². The van der Waals surface area contributed by atoms with Gasteiger partial charge in [0.2, 0.25) is 0 Å². The lowest BCUT2D eigenvalue weighted by atomic mass is 10.0. The summed E-state index contributed by atoms with van der Waals surface area (Å²) in [5.74, 6) is 0.861. The van der Waals surface area contributed by atoms with Crippen LogP contribution in [0.2, 0.25) is 0 Å². The van der Waals surface area contributed by atoms with E-state index < -0.39 is 12.2 Å². The second kappa shape index (κ2) is 4.68. The monoisotopic (exact) mass is 261 g/mol. The van der Waals surface area contributed by atoms with E-state index in [0.29, 0.717) is 24.7 Å². The topological polar surface area (TPSA) is 21.7 Å². The summed E-state index contributed by atoms with van der Waals surface area (Å²) in [6, 6.07) is 2.69. The van der Waals surface area contributed by atoms with Gasteiger partial charge < -0.3 is 9.47 Å². The Kier molecular flexibility index (Phi) is 3.38. The van der Waals surface area contributed by atoms with Crippen molar-refractivity contribution < 1.29 is 22.6 Å². The van der Waals surface area contributed by atoms with E-state index in [2.05, 4.69) is 0 Å². The fourth-order valence-corrected chi connectivity index (χ4v) is 2.01. The fourth-order valence-electron chi connectivity index (χ4n) is 2.01. The third-order valence-corrected chi connectivity index (χ3v) is 2.71. The number of hydrogen-bond acceptors (Lipinski definition) is 3. The third-order valence-electron chi connectivity index (χ3n) is 2.71. The number of nitrogens with zero attached hydrogens (tertiary/aromatic N) is 1. The molecule has 3 nitrogen and oxygen atoms in total. The lowest BCUT2D eigenvalue weighted by Gasteiger charge is -2.28. The summed E-state index contributed by atoms with van der Waals surface area (Å²) >= 11 is 0. The van der Waals surface area contributed by atoms with Crippen LogP contribution >= 0.6 is 0 Å². The summed E-state index contributed by atoms with van der Waals surface area (Å²) in [6.07, 6.45) is -4.33. The third kappa shape index (κ3) is 2.53. The van der Waals surface area contributed by atoms with Crippen LogP contribution in [0.25, 0.3) is 0 Å². The Hall–Kier alpha value is -1.43. The van der Waals surface area contributed by atoms with Crippen LogP contribution in [0.5, 0.6) is 11.5 Å². The first-order valence-electron chi connectivity index (χ1n) is 5.52. The van der Waals surface area contributed by atoms with E-state index in [1.54, 1.807) is 0 Å². The number of rotatable bonds is 2. The first-order chi connectivity index (χ1) is 8.39. The Morgan fingerprint density at radius 3 is 2.28 bits per heavy atom. The largest absolute Gasteiger partial charge is 0.486 e. The van der Waals surface area contributed by atoms with Crippen molar-refractivity contribution in [2.45, 2.75) is 12.2 Å². The zero-order valence-electron chi connectivity index (χ0n) is 10.1. The number of alkyl halides is 3. The van der Waals surface area contributed by atoms with Gasteiger partial charge in [-0.25, -0.2) is 0 Å². The second-order valence-electron chi connectivity index (χ2n) is 4.31. The summed E-state index contributed by atoms with van der Waals surface area (Å²) in [5.41, 5.74) is 0.150. The molecule has 0 bridgehead atoms. The van der Waals surface area contributed by atoms with E-state index in [4.69, 9.17) is 9.47 Å². The van der Waals surface area contributed by atoms with Gasteiger partial charge in [-0.15, -0.1) is 0 Å². The maximum absolute atomic E-state index is 13.0. The zero-order valence-corrected chi connectivity index (χ0v) is 10.1. The molecule has 0 N–H and O–H groups in total. The van der Waals surface area contributed by atoms with Crippen LogP contribution in [0.15, 0.2) is 18.2 Å². The molecule has 100 valence electrons. The Labute approximate surface area is 103 Å². The number of benzene rings is 1. The molecule has 6 heteroatoms. The molecule has 1 atom stereocenters. The van der Waals surface area contributed by atoms with Crippen LogP contribution in [-0.4, -0.2) is 38.4 Å². The molecule has 1 aliphatic rings. The highest BCUT2D eigenvalue weighted by atomic mass is 19.4. The minimum absolute atomic E-state index is 0.150. The average molecular weight is 261 g/mol. The van der Waals surface area contributed by atoms with Crippen LogP contribution in [0.3, 0.4) is 0 Å². The van der Waals surface area contributed by atoms with Crippen molar-refractivity contribution >= 4 is 0 Å². The molecule has 0 radical (unpaired) electrons. The van der Waals surface area contributed by atoms with Gasteiger partial charge in [-0.3, -0.25) is 4.90 Å². The van der Waals surface area contributed by atoms with Gasteiger partial charge in [0.15, 0.2) is 11.5 Å². The Morgan fingerprint density at radius 1 is 1.11 bits per heavy atom. The quantitative estimate of drug-likeness (QED) is 0.817. The summed E-state index contributed by atoms with van der Waals surface area (Å²) in [5, 5.41) is 0. The second-order valence-corrected chi connectivity index (χ2v) is 4.31. The summed E-state index contributed by atoms with van der Waals surface area (Å²) in [4.78, 5) is 1.13. The van der Waals surface area contributed by atoms with Gasteiger partial charge >= 0.3 is 6.18 Å². The molecular formula is C12H14F3NO2. The van der Waals surface area contributed by atoms with Gasteiger partial charge in [-0.05, 0) is 31.8 Å². The van der Waals surface area contributed by atoms with Crippen molar-refractivity contribution in [1.29, 1.82) is 0 Å². The molecule has 0 saturated heterocycles. The number of ether oxygens (including phenoxy) is 2. The molecule has 0 aromatic heterocycles. The highest BCUT2D eigenvalue weighted by Gasteiger charge is 2.42. The maximum Gasteiger partial charge on any atom is 0.408 e. The smallest absolute Gasteiger partial charge is 0.408 e. The molecule has 0 aliphatic carbocycles. The lowest BCUT2D eigenvalue weighted by Crippen LogP contribution is -2.33. The van der Waals surface area contributed by atoms with Crippen LogP contribution < -0.4 is 9.47 Å². The van der Waals surface area contributed by atoms with Crippen LogP contribution in [0, 0.1) is 0 Å². The van der Waals surface area contributed by atoms with Crippen molar-refractivity contribution in [2.75, 3.05) is 27.3 Å². The average Bonchev–Trinajstić information content (AvgIpc) is 2.26. The predicted molar refractivity (Wildman–Crippen MR) is 59.9 cm³/mol. The molecule has 0 saturated carbocycles. The van der Waals surface area contributed by atoms with Crippen LogP contribution in [0.4, 0.5) is 13.2 Å². The lowest BCUT2D eigenvalue weighted by molar-refractivity contribution is -0.179. The molecule has 1 heterocycles. The molecule has 18 heavy (non-hydrogen) atoms. The zero-order chi connectivity index (χ0) is 13.3. The maximum atomic E-state index is 13.0. The van der Waals surface area contributed by atoms with Crippen molar-refractivity contribution in [3.63, 3.8) is 0 Å². The van der Waals surface area contributed by atoms with Crippen molar-refractivity contribution in [1.82, 2.24) is 4.90 Å². The molecule has 1 aromatic rings. The summed E-state index contributed by atoms with van der Waals surface area (Å²) < 4.78 is 49.5. The standard InChI is InChI=1S/C12H14F3NO2/c1-16(2)11(12(13,14)15)8-3-4-9-10(7-8)18-6-5-17-9/h3-4,7,11H,5-6H2,1-2H3. The molecule has 0 amide bonds. The van der Waals surface area contributed by atoms with E-state index in [9.17, 15) is 13.2 Å². The van der Waals surface area contributed by atoms with E-state index >= 15 is 0 Å². The number of halogens is 3. The summed E-state index contributed by atoms with van der Waals surface area (Å²) in [6.45, 7) is 0.776. The number of fused-ring (bicyclic) bond motifs is 1. The Bertz CT molecular complexity index is 432. The SMILES string of the molecule is CN(C)C(c1ccc2c(c1)OCCO2)C(F)(F)F. The van der Waals surface area contributed by atoms with Crippen molar-refractivity contribution in [3.05, 3.63) is 23.8 Å². The van der Waals surface area contributed by atoms with Gasteiger partial charge in [0.05, 0.1) is 0 Å². The van der Waals surface area contributed by atoms with Gasteiger partial charge in [0.1, 0.15) is 19.3 Å². The first kappa shape index (κ1) is 13.0. The Balaban J connectivity index is 2.37. The molecule has 1 aliphatic heterocycles. The van der Waals surface area contributed by atoms with Crippen molar-refractivity contribution in [2.24, 2.45) is 0 Å². The van der Waals surface area contributed by atoms with Gasteiger partial charge in [0.25, 0.3) is 0 Å². The molecule has 0 spiro atoms. The van der Waals surface area contributed by atoms with E-state index in [0.717, 1.165) is 4.90 Å². The molecule has 2 rings (SSSR count). The minimum atomic E-state index is -4.33. The molecular weight excluding hydrogens is 247 g/mol. The normalized spacial score (nSPS) is 16.8. The van der Waals surface area contributed by atoms with Crippen molar-refractivity contribution in [3.8, 4) is 11.5 Å². The summed E-state index contributed by atoms with van der Waals surface area (Å²) in [7, 11) is 2.80. The van der Waals surface area contributed by atoms with E-state index in [-0.39, 0.29) is 5.56 Å². The van der Waals surface area contributed by atoms with E-state index in [1.807, 2.05) is 0 Å². The first-order valence-corrected chi connectivity index (χ1v) is 5.52. The Morgan fingerprint density at radius 2 is 1.72 bits per heavy atom. The van der Waals surface area contributed by atoms with Gasteiger partial charge in [-0.1, -0.05) is 6.07 Å². The molecule has 0 fully saturated rings. The molecule has 1 unspecified atom stereocenters. The highest BCUT2D eigenvalue weighted by Crippen LogP contribution is 2.40. The van der Waals surface area contributed by atoms with Crippen LogP contribution in [0.1, 0.15) is 11.6 Å². The molecule has 1 aromatic carbocycles. The van der Waals surface area contributed by atoms with Crippen LogP contribution in [-0.2, 0) is 0 Å². The number of hydrogen-bond donors (Lipinski definition) is 0. The van der Waals surface area contributed by atoms with Gasteiger partial charge in [-0.2, -0.15) is 13.2 Å². The van der Waals surface area contributed by atoms with E-state index in [1.165, 1.54) is 32.3 Å². The fraction of sp³-hybridized carbons (Fsp3) is 0.500.